The maximum atomic E-state index is 13.5. The zero-order chi connectivity index (χ0) is 20.1. The van der Waals surface area contributed by atoms with Crippen molar-refractivity contribution in [2.75, 3.05) is 5.32 Å². The van der Waals surface area contributed by atoms with Gasteiger partial charge in [-0.3, -0.25) is 9.67 Å². The third-order valence-corrected chi connectivity index (χ3v) is 5.33. The summed E-state index contributed by atoms with van der Waals surface area (Å²) in [5, 5.41) is 14.2. The fraction of sp³-hybridized carbons (Fsp3) is 0.389. The second-order valence-electron chi connectivity index (χ2n) is 7.00. The van der Waals surface area contributed by atoms with Crippen LogP contribution in [0.3, 0.4) is 0 Å². The summed E-state index contributed by atoms with van der Waals surface area (Å²) in [6.45, 7) is 3.69. The zero-order valence-corrected chi connectivity index (χ0v) is 16.1. The molecule has 148 valence electrons. The maximum absolute atomic E-state index is 13.5. The van der Waals surface area contributed by atoms with Crippen molar-refractivity contribution in [3.05, 3.63) is 46.9 Å². The predicted molar refractivity (Wildman–Crippen MR) is 102 cm³/mol. The Kier molecular flexibility index (Phi) is 4.53. The van der Waals surface area contributed by atoms with Crippen molar-refractivity contribution >= 4 is 18.0 Å². The molecule has 3 heterocycles. The number of hydrogen-bond acceptors (Lipinski definition) is 4. The Labute approximate surface area is 164 Å². The van der Waals surface area contributed by atoms with E-state index in [-0.39, 0.29) is 18.5 Å². The molecule has 10 heteroatoms. The first-order valence-corrected chi connectivity index (χ1v) is 9.31. The van der Waals surface area contributed by atoms with E-state index >= 15 is 0 Å². The lowest BCUT2D eigenvalue weighted by atomic mass is 10.0. The van der Waals surface area contributed by atoms with E-state index in [1.54, 1.807) is 11.5 Å². The molecule has 0 aliphatic carbocycles. The summed E-state index contributed by atoms with van der Waals surface area (Å²) < 4.78 is 43.7. The fourth-order valence-corrected chi connectivity index (χ4v) is 3.93. The minimum absolute atomic E-state index is 0.0785. The van der Waals surface area contributed by atoms with E-state index in [1.165, 1.54) is 6.20 Å². The molecular weight excluding hydrogens is 389 g/mol. The fourth-order valence-electron chi connectivity index (χ4n) is 3.64. The number of aromatic amines is 1. The molecule has 0 radical (unpaired) electrons. The highest BCUT2D eigenvalue weighted by molar-refractivity contribution is 7.71. The van der Waals surface area contributed by atoms with E-state index in [9.17, 15) is 13.2 Å². The van der Waals surface area contributed by atoms with E-state index < -0.39 is 12.2 Å². The van der Waals surface area contributed by atoms with Gasteiger partial charge >= 0.3 is 6.18 Å². The second-order valence-corrected chi connectivity index (χ2v) is 7.39. The molecule has 2 aromatic heterocycles. The van der Waals surface area contributed by atoms with Gasteiger partial charge in [0.1, 0.15) is 5.82 Å². The maximum Gasteiger partial charge on any atom is 0.410 e. The molecule has 0 spiro atoms. The summed E-state index contributed by atoms with van der Waals surface area (Å²) in [5.74, 6) is 0.752. The first kappa shape index (κ1) is 18.7. The van der Waals surface area contributed by atoms with Crippen LogP contribution in [0.5, 0.6) is 0 Å². The van der Waals surface area contributed by atoms with Crippen LogP contribution in [0.1, 0.15) is 37.9 Å². The monoisotopic (exact) mass is 408 g/mol. The number of nitrogens with one attached hydrogen (secondary N) is 2. The molecule has 0 bridgehead atoms. The Morgan fingerprint density at radius 2 is 1.96 bits per heavy atom. The van der Waals surface area contributed by atoms with E-state index in [1.807, 2.05) is 37.3 Å². The number of aromatic nitrogens is 5. The van der Waals surface area contributed by atoms with Crippen LogP contribution in [0.2, 0.25) is 0 Å². The van der Waals surface area contributed by atoms with Crippen LogP contribution in [-0.4, -0.2) is 36.8 Å². The Morgan fingerprint density at radius 3 is 2.64 bits per heavy atom. The average molecular weight is 408 g/mol. The SMILES string of the molecule is C[C@H]1C[C@H](C(F)(F)F)n2ncc(-c3n[nH]c(=S)n3[C@@H](C)c3ccccc3)c2N1. The predicted octanol–water partition coefficient (Wildman–Crippen LogP) is 4.72. The number of H-pyrrole nitrogens is 1. The van der Waals surface area contributed by atoms with Crippen LogP contribution >= 0.6 is 12.2 Å². The van der Waals surface area contributed by atoms with E-state index in [0.29, 0.717) is 22.0 Å². The van der Waals surface area contributed by atoms with Crippen molar-refractivity contribution in [1.82, 2.24) is 24.5 Å². The largest absolute Gasteiger partial charge is 0.410 e. The zero-order valence-electron chi connectivity index (χ0n) is 15.2. The van der Waals surface area contributed by atoms with Gasteiger partial charge in [0, 0.05) is 6.04 Å². The minimum atomic E-state index is -4.38. The van der Waals surface area contributed by atoms with Gasteiger partial charge in [0.25, 0.3) is 0 Å². The highest BCUT2D eigenvalue weighted by Gasteiger charge is 2.46. The molecule has 2 N–H and O–H groups in total. The Hall–Kier alpha value is -2.62. The number of fused-ring (bicyclic) bond motifs is 1. The molecule has 6 nitrogen and oxygen atoms in total. The molecule has 0 saturated carbocycles. The average Bonchev–Trinajstić information content (AvgIpc) is 3.23. The molecular formula is C18H19F3N6S. The summed E-state index contributed by atoms with van der Waals surface area (Å²) in [6, 6.07) is 7.53. The molecule has 3 atom stereocenters. The van der Waals surface area contributed by atoms with Gasteiger partial charge in [0.05, 0.1) is 17.8 Å². The molecule has 0 amide bonds. The number of benzene rings is 1. The topological polar surface area (TPSA) is 63.5 Å². The van der Waals surface area contributed by atoms with Gasteiger partial charge in [0.15, 0.2) is 16.6 Å². The molecule has 1 aliphatic heterocycles. The minimum Gasteiger partial charge on any atom is -0.367 e. The highest BCUT2D eigenvalue weighted by atomic mass is 32.1. The van der Waals surface area contributed by atoms with Crippen molar-refractivity contribution in [2.45, 2.75) is 44.6 Å². The van der Waals surface area contributed by atoms with Gasteiger partial charge in [-0.25, -0.2) is 4.68 Å². The smallest absolute Gasteiger partial charge is 0.367 e. The van der Waals surface area contributed by atoms with Gasteiger partial charge in [-0.2, -0.15) is 23.4 Å². The molecule has 0 fully saturated rings. The summed E-state index contributed by atoms with van der Waals surface area (Å²) in [5.41, 5.74) is 1.49. The van der Waals surface area contributed by atoms with Crippen LogP contribution in [0, 0.1) is 4.77 Å². The van der Waals surface area contributed by atoms with Gasteiger partial charge in [-0.15, -0.1) is 0 Å². The van der Waals surface area contributed by atoms with Gasteiger partial charge < -0.3 is 5.32 Å². The molecule has 1 aliphatic rings. The van der Waals surface area contributed by atoms with E-state index in [0.717, 1.165) is 10.2 Å². The number of rotatable bonds is 3. The van der Waals surface area contributed by atoms with E-state index in [2.05, 4.69) is 20.6 Å². The lowest BCUT2D eigenvalue weighted by Gasteiger charge is -2.32. The van der Waals surface area contributed by atoms with Crippen LogP contribution in [0.15, 0.2) is 36.5 Å². The van der Waals surface area contributed by atoms with E-state index in [4.69, 9.17) is 12.2 Å². The van der Waals surface area contributed by atoms with Gasteiger partial charge in [-0.05, 0) is 38.0 Å². The molecule has 0 unspecified atom stereocenters. The molecule has 4 rings (SSSR count). The van der Waals surface area contributed by atoms with Crippen molar-refractivity contribution in [2.24, 2.45) is 0 Å². The Balaban J connectivity index is 1.83. The molecule has 28 heavy (non-hydrogen) atoms. The van der Waals surface area contributed by atoms with Crippen LogP contribution < -0.4 is 5.32 Å². The van der Waals surface area contributed by atoms with Gasteiger partial charge in [-0.1, -0.05) is 30.3 Å². The van der Waals surface area contributed by atoms with Gasteiger partial charge in [0.2, 0.25) is 0 Å². The number of hydrogen-bond donors (Lipinski definition) is 2. The normalized spacial score (nSPS) is 20.5. The van der Waals surface area contributed by atoms with Crippen LogP contribution in [0.4, 0.5) is 19.0 Å². The summed E-state index contributed by atoms with van der Waals surface area (Å²) in [6.07, 6.45) is -3.04. The lowest BCUT2D eigenvalue weighted by molar-refractivity contribution is -0.173. The highest BCUT2D eigenvalue weighted by Crippen LogP contribution is 2.42. The second kappa shape index (κ2) is 6.77. The number of halogens is 3. The first-order chi connectivity index (χ1) is 13.3. The summed E-state index contributed by atoms with van der Waals surface area (Å²) >= 11 is 5.40. The third-order valence-electron chi connectivity index (χ3n) is 5.04. The Morgan fingerprint density at radius 1 is 1.25 bits per heavy atom. The van der Waals surface area contributed by atoms with Crippen LogP contribution in [-0.2, 0) is 0 Å². The summed E-state index contributed by atoms with van der Waals surface area (Å²) in [4.78, 5) is 0. The Bertz CT molecular complexity index is 1040. The van der Waals surface area contributed by atoms with Crippen LogP contribution in [0.25, 0.3) is 11.4 Å². The standard InChI is InChI=1S/C18H19F3N6S/c1-10-8-14(18(19,20)21)27-15(23-10)13(9-22-27)16-24-25-17(28)26(16)11(2)12-6-4-3-5-7-12/h3-7,9-11,14,23H,8H2,1-2H3,(H,25,28)/t10-,11-,14+/m0/s1. The number of alkyl halides is 3. The van der Waals surface area contributed by atoms with Crippen molar-refractivity contribution < 1.29 is 13.2 Å². The summed E-state index contributed by atoms with van der Waals surface area (Å²) in [7, 11) is 0. The first-order valence-electron chi connectivity index (χ1n) is 8.90. The molecule has 1 aromatic carbocycles. The van der Waals surface area contributed by atoms with Crippen molar-refractivity contribution in [1.29, 1.82) is 0 Å². The lowest BCUT2D eigenvalue weighted by Crippen LogP contribution is -2.38. The third kappa shape index (κ3) is 3.11. The quantitative estimate of drug-likeness (QED) is 0.616. The molecule has 3 aromatic rings. The number of anilines is 1. The van der Waals surface area contributed by atoms with Crippen molar-refractivity contribution in [3.63, 3.8) is 0 Å². The number of nitrogens with zero attached hydrogens (tertiary/aromatic N) is 4. The molecule has 0 saturated heterocycles. The van der Waals surface area contributed by atoms with Crippen molar-refractivity contribution in [3.8, 4) is 11.4 Å².